The first-order chi connectivity index (χ1) is 16.7. The van der Waals surface area contributed by atoms with Crippen LogP contribution < -0.4 is 14.8 Å². The molecule has 0 bridgehead atoms. The van der Waals surface area contributed by atoms with Crippen molar-refractivity contribution < 1.29 is 27.5 Å². The SMILES string of the molecule is CCOc1ccc(S(=O)(=O)Nc2ccccc2C(=O)OCC(=O)Nc2ccccc2C(C)C)cc1. The fraction of sp³-hybridized carbons (Fsp3) is 0.231. The smallest absolute Gasteiger partial charge is 0.340 e. The van der Waals surface area contributed by atoms with Crippen molar-refractivity contribution in [2.24, 2.45) is 0 Å². The summed E-state index contributed by atoms with van der Waals surface area (Å²) in [5.74, 6) is -0.588. The van der Waals surface area contributed by atoms with Gasteiger partial charge in [0.25, 0.3) is 15.9 Å². The molecule has 0 radical (unpaired) electrons. The Morgan fingerprint density at radius 2 is 1.51 bits per heavy atom. The molecule has 0 atom stereocenters. The van der Waals surface area contributed by atoms with E-state index in [0.717, 1.165) is 5.56 Å². The molecule has 9 heteroatoms. The lowest BCUT2D eigenvalue weighted by molar-refractivity contribution is -0.119. The number of nitrogens with one attached hydrogen (secondary N) is 2. The number of para-hydroxylation sites is 2. The highest BCUT2D eigenvalue weighted by Crippen LogP contribution is 2.24. The Morgan fingerprint density at radius 1 is 0.886 bits per heavy atom. The van der Waals surface area contributed by atoms with E-state index in [4.69, 9.17) is 9.47 Å². The summed E-state index contributed by atoms with van der Waals surface area (Å²) in [7, 11) is -3.98. The van der Waals surface area contributed by atoms with Crippen molar-refractivity contribution in [3.05, 3.63) is 83.9 Å². The van der Waals surface area contributed by atoms with E-state index in [-0.39, 0.29) is 22.1 Å². The molecule has 0 aliphatic rings. The van der Waals surface area contributed by atoms with Gasteiger partial charge in [-0.15, -0.1) is 0 Å². The standard InChI is InChI=1S/C26H28N2O6S/c1-4-33-19-13-15-20(16-14-19)35(31,32)28-24-12-8-6-10-22(24)26(30)34-17-25(29)27-23-11-7-5-9-21(23)18(2)3/h5-16,18,28H,4,17H2,1-3H3,(H,27,29). The highest BCUT2D eigenvalue weighted by atomic mass is 32.2. The van der Waals surface area contributed by atoms with Crippen LogP contribution >= 0.6 is 0 Å². The maximum Gasteiger partial charge on any atom is 0.340 e. The van der Waals surface area contributed by atoms with Gasteiger partial charge in [-0.1, -0.05) is 44.2 Å². The van der Waals surface area contributed by atoms with Gasteiger partial charge < -0.3 is 14.8 Å². The molecule has 3 aromatic carbocycles. The fourth-order valence-electron chi connectivity index (χ4n) is 3.34. The van der Waals surface area contributed by atoms with E-state index in [1.54, 1.807) is 36.4 Å². The normalized spacial score (nSPS) is 11.1. The van der Waals surface area contributed by atoms with Crippen LogP contribution in [0.15, 0.2) is 77.7 Å². The van der Waals surface area contributed by atoms with Crippen molar-refractivity contribution >= 4 is 33.3 Å². The molecule has 3 aromatic rings. The molecule has 0 aliphatic heterocycles. The first-order valence-corrected chi connectivity index (χ1v) is 12.6. The number of ether oxygens (including phenoxy) is 2. The van der Waals surface area contributed by atoms with E-state index in [0.29, 0.717) is 18.0 Å². The number of esters is 1. The van der Waals surface area contributed by atoms with E-state index in [9.17, 15) is 18.0 Å². The zero-order valence-corrected chi connectivity index (χ0v) is 20.6. The van der Waals surface area contributed by atoms with Gasteiger partial charge in [0, 0.05) is 5.69 Å². The van der Waals surface area contributed by atoms with Crippen molar-refractivity contribution in [1.82, 2.24) is 0 Å². The third-order valence-corrected chi connectivity index (χ3v) is 6.41. The van der Waals surface area contributed by atoms with E-state index in [1.807, 2.05) is 32.9 Å². The molecule has 184 valence electrons. The number of hydrogen-bond acceptors (Lipinski definition) is 6. The first kappa shape index (κ1) is 25.8. The van der Waals surface area contributed by atoms with E-state index >= 15 is 0 Å². The summed E-state index contributed by atoms with van der Waals surface area (Å²) in [6, 6.07) is 19.3. The zero-order chi connectivity index (χ0) is 25.4. The molecule has 0 unspecified atom stereocenters. The van der Waals surface area contributed by atoms with Gasteiger partial charge in [0.2, 0.25) is 0 Å². The largest absolute Gasteiger partial charge is 0.494 e. The number of benzene rings is 3. The van der Waals surface area contributed by atoms with Crippen LogP contribution in [0.1, 0.15) is 42.6 Å². The maximum atomic E-state index is 12.8. The van der Waals surface area contributed by atoms with Crippen molar-refractivity contribution in [2.75, 3.05) is 23.3 Å². The number of rotatable bonds is 10. The second-order valence-corrected chi connectivity index (χ2v) is 9.60. The van der Waals surface area contributed by atoms with Crippen LogP contribution in [0, 0.1) is 0 Å². The van der Waals surface area contributed by atoms with Gasteiger partial charge in [0.05, 0.1) is 22.8 Å². The molecule has 2 N–H and O–H groups in total. The predicted octanol–water partition coefficient (Wildman–Crippen LogP) is 4.81. The summed E-state index contributed by atoms with van der Waals surface area (Å²) in [4.78, 5) is 25.1. The van der Waals surface area contributed by atoms with Crippen molar-refractivity contribution in [3.8, 4) is 5.75 Å². The van der Waals surface area contributed by atoms with Gasteiger partial charge in [-0.3, -0.25) is 9.52 Å². The van der Waals surface area contributed by atoms with Crippen molar-refractivity contribution in [3.63, 3.8) is 0 Å². The molecule has 0 fully saturated rings. The monoisotopic (exact) mass is 496 g/mol. The molecule has 0 saturated heterocycles. The summed E-state index contributed by atoms with van der Waals surface area (Å²) in [5, 5.41) is 2.75. The number of carbonyl (C=O) groups excluding carboxylic acids is 2. The summed E-state index contributed by atoms with van der Waals surface area (Å²) < 4.78 is 38.6. The van der Waals surface area contributed by atoms with Crippen LogP contribution in [0.25, 0.3) is 0 Å². The Labute approximate surface area is 205 Å². The Morgan fingerprint density at radius 3 is 2.17 bits per heavy atom. The average Bonchev–Trinajstić information content (AvgIpc) is 2.83. The van der Waals surface area contributed by atoms with Crippen LogP contribution in [0.2, 0.25) is 0 Å². The second kappa shape index (κ2) is 11.5. The molecular weight excluding hydrogens is 468 g/mol. The molecule has 0 heterocycles. The molecule has 0 aliphatic carbocycles. The minimum Gasteiger partial charge on any atom is -0.494 e. The zero-order valence-electron chi connectivity index (χ0n) is 19.8. The summed E-state index contributed by atoms with van der Waals surface area (Å²) in [5.41, 5.74) is 1.63. The Balaban J connectivity index is 1.68. The Kier molecular flexibility index (Phi) is 8.48. The van der Waals surface area contributed by atoms with Crippen LogP contribution in [-0.4, -0.2) is 33.5 Å². The number of hydrogen-bond donors (Lipinski definition) is 2. The number of anilines is 2. The molecule has 0 saturated carbocycles. The van der Waals surface area contributed by atoms with Crippen LogP contribution in [0.4, 0.5) is 11.4 Å². The topological polar surface area (TPSA) is 111 Å². The Hall–Kier alpha value is -3.85. The summed E-state index contributed by atoms with van der Waals surface area (Å²) in [6.07, 6.45) is 0. The third-order valence-electron chi connectivity index (χ3n) is 5.03. The van der Waals surface area contributed by atoms with Crippen molar-refractivity contribution in [2.45, 2.75) is 31.6 Å². The number of carbonyl (C=O) groups is 2. The molecule has 8 nitrogen and oxygen atoms in total. The maximum absolute atomic E-state index is 12.8. The second-order valence-electron chi connectivity index (χ2n) is 7.92. The minimum atomic E-state index is -3.98. The quantitative estimate of drug-likeness (QED) is 0.390. The molecule has 35 heavy (non-hydrogen) atoms. The van der Waals surface area contributed by atoms with Gasteiger partial charge in [-0.25, -0.2) is 13.2 Å². The van der Waals surface area contributed by atoms with E-state index in [1.165, 1.54) is 24.3 Å². The summed E-state index contributed by atoms with van der Waals surface area (Å²) in [6.45, 7) is 5.79. The van der Waals surface area contributed by atoms with Gasteiger partial charge in [0.1, 0.15) is 5.75 Å². The summed E-state index contributed by atoms with van der Waals surface area (Å²) >= 11 is 0. The lowest BCUT2D eigenvalue weighted by atomic mass is 10.0. The minimum absolute atomic E-state index is 0.00678. The lowest BCUT2D eigenvalue weighted by Gasteiger charge is -2.14. The third kappa shape index (κ3) is 6.83. The lowest BCUT2D eigenvalue weighted by Crippen LogP contribution is -2.22. The van der Waals surface area contributed by atoms with Crippen LogP contribution in [0.3, 0.4) is 0 Å². The molecule has 0 spiro atoms. The molecule has 0 aromatic heterocycles. The van der Waals surface area contributed by atoms with Crippen LogP contribution in [0.5, 0.6) is 5.75 Å². The molecular formula is C26H28N2O6S. The van der Waals surface area contributed by atoms with Crippen molar-refractivity contribution in [1.29, 1.82) is 0 Å². The first-order valence-electron chi connectivity index (χ1n) is 11.1. The van der Waals surface area contributed by atoms with E-state index in [2.05, 4.69) is 10.0 Å². The van der Waals surface area contributed by atoms with Gasteiger partial charge in [-0.05, 0) is 60.9 Å². The number of amides is 1. The number of sulfonamides is 1. The Bertz CT molecular complexity index is 1290. The fourth-order valence-corrected chi connectivity index (χ4v) is 4.42. The highest BCUT2D eigenvalue weighted by molar-refractivity contribution is 7.92. The average molecular weight is 497 g/mol. The van der Waals surface area contributed by atoms with E-state index < -0.39 is 28.5 Å². The van der Waals surface area contributed by atoms with Crippen LogP contribution in [-0.2, 0) is 19.6 Å². The van der Waals surface area contributed by atoms with Gasteiger partial charge >= 0.3 is 5.97 Å². The molecule has 3 rings (SSSR count). The highest BCUT2D eigenvalue weighted by Gasteiger charge is 2.20. The van der Waals surface area contributed by atoms with Gasteiger partial charge in [-0.2, -0.15) is 0 Å². The predicted molar refractivity (Wildman–Crippen MR) is 134 cm³/mol. The molecule has 1 amide bonds. The van der Waals surface area contributed by atoms with Gasteiger partial charge in [0.15, 0.2) is 6.61 Å².